The number of amides is 1. The number of sulfone groups is 1. The first-order chi connectivity index (χ1) is 19.3. The van der Waals surface area contributed by atoms with Crippen molar-refractivity contribution >= 4 is 43.7 Å². The van der Waals surface area contributed by atoms with Crippen LogP contribution in [-0.2, 0) is 20.0 Å². The molecule has 0 spiro atoms. The van der Waals surface area contributed by atoms with Gasteiger partial charge in [0.25, 0.3) is 11.6 Å². The molecule has 1 atom stereocenters. The van der Waals surface area contributed by atoms with Crippen LogP contribution in [0, 0.1) is 10.1 Å². The Bertz CT molecular complexity index is 1800. The Morgan fingerprint density at radius 2 is 1.76 bits per heavy atom. The fourth-order valence-electron chi connectivity index (χ4n) is 4.41. The molecule has 210 valence electrons. The minimum absolute atomic E-state index is 0.0748. The number of hydrogen-bond donors (Lipinski definition) is 1. The van der Waals surface area contributed by atoms with Crippen LogP contribution >= 0.6 is 11.3 Å². The van der Waals surface area contributed by atoms with E-state index in [1.165, 1.54) is 18.4 Å². The van der Waals surface area contributed by atoms with E-state index in [-0.39, 0.29) is 36.7 Å². The third-order valence-corrected chi connectivity index (χ3v) is 9.82. The summed E-state index contributed by atoms with van der Waals surface area (Å²) in [5.74, 6) is -2.52. The Morgan fingerprint density at radius 3 is 2.32 bits per heavy atom. The molecule has 41 heavy (non-hydrogen) atoms. The maximum atomic E-state index is 13.4. The van der Waals surface area contributed by atoms with E-state index in [4.69, 9.17) is 4.42 Å². The molecule has 2 aromatic heterocycles. The van der Waals surface area contributed by atoms with Crippen LogP contribution < -0.4 is 4.90 Å². The minimum Gasteiger partial charge on any atom is -0.503 e. The van der Waals surface area contributed by atoms with E-state index in [0.717, 1.165) is 40.9 Å². The molecule has 11 nitrogen and oxygen atoms in total. The molecular formula is C28H23N3O8S2. The average Bonchev–Trinajstić information content (AvgIpc) is 3.69. The average molecular weight is 594 g/mol. The molecule has 1 amide bonds. The molecule has 0 saturated carbocycles. The highest BCUT2D eigenvalue weighted by atomic mass is 32.2. The topological polar surface area (TPSA) is 161 Å². The number of aliphatic hydroxyl groups is 1. The number of benzene rings is 2. The molecule has 0 bridgehead atoms. The fraction of sp³-hybridized carbons (Fsp3) is 0.179. The van der Waals surface area contributed by atoms with Crippen molar-refractivity contribution < 1.29 is 32.5 Å². The SMILES string of the molecule is CC(C)(C)c1ccc([C@H]2C(C(=O)c3ccco3)=C(O)C(=O)N2c2ncc(S(=O)(=O)c3ccc([N+](=O)[O-])cc3)s2)cc1. The number of ketones is 1. The van der Waals surface area contributed by atoms with Crippen molar-refractivity contribution in [2.45, 2.75) is 41.3 Å². The van der Waals surface area contributed by atoms with Crippen LogP contribution in [0.15, 0.2) is 98.0 Å². The number of nitro groups is 1. The molecule has 0 aliphatic carbocycles. The summed E-state index contributed by atoms with van der Waals surface area (Å²) >= 11 is 0.665. The molecule has 0 fully saturated rings. The number of hydrogen-bond acceptors (Lipinski definition) is 10. The van der Waals surface area contributed by atoms with Gasteiger partial charge in [-0.3, -0.25) is 24.6 Å². The van der Waals surface area contributed by atoms with Gasteiger partial charge in [0, 0.05) is 12.1 Å². The summed E-state index contributed by atoms with van der Waals surface area (Å²) in [5.41, 5.74) is 0.802. The lowest BCUT2D eigenvalue weighted by Gasteiger charge is -2.25. The Hall–Kier alpha value is -4.62. The monoisotopic (exact) mass is 593 g/mol. The zero-order valence-electron chi connectivity index (χ0n) is 22.0. The number of nitro benzene ring substituents is 1. The van der Waals surface area contributed by atoms with Crippen LogP contribution in [0.25, 0.3) is 0 Å². The number of carbonyl (C=O) groups is 2. The second kappa shape index (κ2) is 10.1. The van der Waals surface area contributed by atoms with Crippen LogP contribution in [0.4, 0.5) is 10.8 Å². The fourth-order valence-corrected chi connectivity index (χ4v) is 6.95. The lowest BCUT2D eigenvalue weighted by Crippen LogP contribution is -2.31. The van der Waals surface area contributed by atoms with Crippen LogP contribution in [0.5, 0.6) is 0 Å². The van der Waals surface area contributed by atoms with Gasteiger partial charge >= 0.3 is 0 Å². The van der Waals surface area contributed by atoms with Gasteiger partial charge in [-0.1, -0.05) is 56.4 Å². The van der Waals surface area contributed by atoms with Crippen molar-refractivity contribution in [3.8, 4) is 0 Å². The predicted molar refractivity (Wildman–Crippen MR) is 149 cm³/mol. The van der Waals surface area contributed by atoms with E-state index in [1.54, 1.807) is 12.1 Å². The highest BCUT2D eigenvalue weighted by molar-refractivity contribution is 7.93. The number of non-ortho nitro benzene ring substituents is 1. The third-order valence-electron chi connectivity index (χ3n) is 6.59. The number of aromatic nitrogens is 1. The molecule has 4 aromatic rings. The van der Waals surface area contributed by atoms with Gasteiger partial charge in [-0.25, -0.2) is 13.4 Å². The number of thiazole rings is 1. The van der Waals surface area contributed by atoms with Crippen molar-refractivity contribution in [3.05, 3.63) is 111 Å². The van der Waals surface area contributed by atoms with Crippen molar-refractivity contribution in [2.24, 2.45) is 0 Å². The molecule has 1 N–H and O–H groups in total. The predicted octanol–water partition coefficient (Wildman–Crippen LogP) is 5.56. The number of nitrogens with zero attached hydrogens (tertiary/aromatic N) is 3. The molecule has 2 aromatic carbocycles. The summed E-state index contributed by atoms with van der Waals surface area (Å²) < 4.78 is 31.5. The number of Topliss-reactive ketones (excluding diaryl/α,β-unsaturated/α-hetero) is 1. The smallest absolute Gasteiger partial charge is 0.296 e. The maximum Gasteiger partial charge on any atom is 0.296 e. The highest BCUT2D eigenvalue weighted by Crippen LogP contribution is 2.44. The lowest BCUT2D eigenvalue weighted by atomic mass is 9.85. The van der Waals surface area contributed by atoms with Gasteiger partial charge in [-0.15, -0.1) is 0 Å². The first-order valence-corrected chi connectivity index (χ1v) is 14.5. The van der Waals surface area contributed by atoms with E-state index < -0.39 is 38.3 Å². The first-order valence-electron chi connectivity index (χ1n) is 12.2. The summed E-state index contributed by atoms with van der Waals surface area (Å²) in [7, 11) is -4.15. The van der Waals surface area contributed by atoms with Gasteiger partial charge in [0.15, 0.2) is 16.7 Å². The van der Waals surface area contributed by atoms with E-state index in [1.807, 2.05) is 32.9 Å². The maximum absolute atomic E-state index is 13.4. The Morgan fingerprint density at radius 1 is 1.10 bits per heavy atom. The number of furan rings is 1. The number of aliphatic hydroxyl groups excluding tert-OH is 1. The van der Waals surface area contributed by atoms with Crippen molar-refractivity contribution in [2.75, 3.05) is 4.90 Å². The molecule has 0 saturated heterocycles. The van der Waals surface area contributed by atoms with Crippen LogP contribution in [-0.4, -0.2) is 35.1 Å². The van der Waals surface area contributed by atoms with Gasteiger partial charge in [-0.2, -0.15) is 0 Å². The molecule has 1 aliphatic rings. The number of anilines is 1. The van der Waals surface area contributed by atoms with Crippen molar-refractivity contribution in [1.29, 1.82) is 0 Å². The first kappa shape index (κ1) is 27.9. The molecule has 0 unspecified atom stereocenters. The Balaban J connectivity index is 1.58. The highest BCUT2D eigenvalue weighted by Gasteiger charge is 2.46. The quantitative estimate of drug-likeness (QED) is 0.164. The van der Waals surface area contributed by atoms with Crippen molar-refractivity contribution in [3.63, 3.8) is 0 Å². The van der Waals surface area contributed by atoms with Gasteiger partial charge in [-0.05, 0) is 40.8 Å². The second-order valence-electron chi connectivity index (χ2n) is 10.2. The number of rotatable bonds is 7. The summed E-state index contributed by atoms with van der Waals surface area (Å²) in [5, 5.41) is 21.8. The minimum atomic E-state index is -4.15. The molecule has 1 aliphatic heterocycles. The normalized spacial score (nSPS) is 15.9. The lowest BCUT2D eigenvalue weighted by molar-refractivity contribution is -0.384. The van der Waals surface area contributed by atoms with Gasteiger partial charge in [0.2, 0.25) is 15.6 Å². The molecule has 0 radical (unpaired) electrons. The van der Waals surface area contributed by atoms with Gasteiger partial charge in [0.1, 0.15) is 4.21 Å². The molecular weight excluding hydrogens is 570 g/mol. The summed E-state index contributed by atoms with van der Waals surface area (Å²) in [6.45, 7) is 6.11. The van der Waals surface area contributed by atoms with E-state index in [9.17, 15) is 33.2 Å². The standard InChI is InChI=1S/C28H23N3O8S2/c1-28(2,3)17-8-6-16(7-9-17)23-22(24(32)20-5-4-14-39-20)25(33)26(34)30(23)27-29-15-21(40-27)41(37,38)19-12-10-18(11-13-19)31(35)36/h4-15,23,33H,1-3H3/t23-/m0/s1. The van der Waals surface area contributed by atoms with Crippen LogP contribution in [0.2, 0.25) is 0 Å². The Kier molecular flexibility index (Phi) is 6.87. The van der Waals surface area contributed by atoms with E-state index in [0.29, 0.717) is 16.9 Å². The summed E-state index contributed by atoms with van der Waals surface area (Å²) in [6, 6.07) is 13.3. The Labute approximate surface area is 238 Å². The molecule has 5 rings (SSSR count). The van der Waals surface area contributed by atoms with Crippen molar-refractivity contribution in [1.82, 2.24) is 4.98 Å². The molecule has 3 heterocycles. The molecule has 13 heteroatoms. The zero-order chi connectivity index (χ0) is 29.7. The summed E-state index contributed by atoms with van der Waals surface area (Å²) in [4.78, 5) is 42.2. The third kappa shape index (κ3) is 4.93. The second-order valence-corrected chi connectivity index (χ2v) is 13.4. The largest absolute Gasteiger partial charge is 0.503 e. The van der Waals surface area contributed by atoms with E-state index in [2.05, 4.69) is 4.98 Å². The van der Waals surface area contributed by atoms with Crippen LogP contribution in [0.1, 0.15) is 48.5 Å². The van der Waals surface area contributed by atoms with Gasteiger partial charge in [0.05, 0.1) is 33.9 Å². The van der Waals surface area contributed by atoms with E-state index >= 15 is 0 Å². The zero-order valence-corrected chi connectivity index (χ0v) is 23.6. The summed E-state index contributed by atoms with van der Waals surface area (Å²) in [6.07, 6.45) is 2.36. The number of carbonyl (C=O) groups excluding carboxylic acids is 2. The van der Waals surface area contributed by atoms with Gasteiger partial charge < -0.3 is 9.52 Å². The van der Waals surface area contributed by atoms with Crippen LogP contribution in [0.3, 0.4) is 0 Å².